The molecule has 0 heterocycles. The summed E-state index contributed by atoms with van der Waals surface area (Å²) in [5.41, 5.74) is 6.11. The first kappa shape index (κ1) is 14.5. The van der Waals surface area contributed by atoms with E-state index in [-0.39, 0.29) is 11.8 Å². The molecule has 4 N–H and O–H groups in total. The highest BCUT2D eigenvalue weighted by molar-refractivity contribution is 6.00. The third kappa shape index (κ3) is 3.57. The molecule has 0 radical (unpaired) electrons. The van der Waals surface area contributed by atoms with Crippen molar-refractivity contribution < 1.29 is 9.59 Å². The van der Waals surface area contributed by atoms with Gasteiger partial charge in [-0.2, -0.15) is 0 Å². The van der Waals surface area contributed by atoms with Crippen LogP contribution in [-0.2, 0) is 4.79 Å². The number of nitrogens with two attached hydrogens (primary N) is 1. The molecule has 0 aromatic heterocycles. The molecular formula is C15H21N3O2. The van der Waals surface area contributed by atoms with Crippen LogP contribution in [0.1, 0.15) is 43.5 Å². The summed E-state index contributed by atoms with van der Waals surface area (Å²) in [6.45, 7) is 3.55. The summed E-state index contributed by atoms with van der Waals surface area (Å²) in [5, 5.41) is 5.67. The third-order valence-corrected chi connectivity index (χ3v) is 3.55. The van der Waals surface area contributed by atoms with Crippen molar-refractivity contribution in [2.75, 3.05) is 5.32 Å². The van der Waals surface area contributed by atoms with Gasteiger partial charge >= 0.3 is 0 Å². The maximum absolute atomic E-state index is 12.0. The first-order valence-corrected chi connectivity index (χ1v) is 6.93. The van der Waals surface area contributed by atoms with Gasteiger partial charge in [0.05, 0.1) is 5.54 Å². The van der Waals surface area contributed by atoms with Crippen LogP contribution in [0, 0.1) is 0 Å². The van der Waals surface area contributed by atoms with Crippen molar-refractivity contribution in [3.63, 3.8) is 0 Å². The van der Waals surface area contributed by atoms with E-state index in [1.54, 1.807) is 31.2 Å². The van der Waals surface area contributed by atoms with Crippen molar-refractivity contribution in [2.45, 2.75) is 44.7 Å². The summed E-state index contributed by atoms with van der Waals surface area (Å²) in [6, 6.07) is 7.21. The second kappa shape index (κ2) is 5.63. The molecule has 2 amide bonds. The second-order valence-electron chi connectivity index (χ2n) is 5.55. The van der Waals surface area contributed by atoms with Crippen molar-refractivity contribution in [3.8, 4) is 0 Å². The highest BCUT2D eigenvalue weighted by atomic mass is 16.2. The van der Waals surface area contributed by atoms with Crippen molar-refractivity contribution in [2.24, 2.45) is 5.73 Å². The maximum Gasteiger partial charge on any atom is 0.251 e. The smallest absolute Gasteiger partial charge is 0.251 e. The molecule has 1 aliphatic carbocycles. The number of benzene rings is 1. The predicted octanol–water partition coefficient (Wildman–Crippen LogP) is 1.64. The number of hydrogen-bond donors (Lipinski definition) is 3. The highest BCUT2D eigenvalue weighted by Gasteiger charge is 2.26. The van der Waals surface area contributed by atoms with E-state index in [2.05, 4.69) is 10.6 Å². The fourth-order valence-electron chi connectivity index (χ4n) is 1.67. The van der Waals surface area contributed by atoms with E-state index < -0.39 is 5.54 Å². The summed E-state index contributed by atoms with van der Waals surface area (Å²) < 4.78 is 0. The van der Waals surface area contributed by atoms with Gasteiger partial charge in [0.25, 0.3) is 5.91 Å². The van der Waals surface area contributed by atoms with Gasteiger partial charge in [-0.15, -0.1) is 0 Å². The van der Waals surface area contributed by atoms with Gasteiger partial charge in [0.2, 0.25) is 5.91 Å². The van der Waals surface area contributed by atoms with Crippen molar-refractivity contribution in [1.29, 1.82) is 0 Å². The summed E-state index contributed by atoms with van der Waals surface area (Å²) in [7, 11) is 0. The Hall–Kier alpha value is -1.88. The van der Waals surface area contributed by atoms with Crippen LogP contribution in [0.25, 0.3) is 0 Å². The normalized spacial score (nSPS) is 17.1. The Morgan fingerprint density at radius 3 is 2.70 bits per heavy atom. The van der Waals surface area contributed by atoms with Crippen LogP contribution in [-0.4, -0.2) is 23.4 Å². The molecule has 20 heavy (non-hydrogen) atoms. The minimum Gasteiger partial charge on any atom is -0.349 e. The maximum atomic E-state index is 12.0. The molecule has 1 unspecified atom stereocenters. The van der Waals surface area contributed by atoms with Crippen LogP contribution in [0.3, 0.4) is 0 Å². The molecular weight excluding hydrogens is 254 g/mol. The zero-order chi connectivity index (χ0) is 14.8. The van der Waals surface area contributed by atoms with Crippen molar-refractivity contribution in [3.05, 3.63) is 29.8 Å². The van der Waals surface area contributed by atoms with Gasteiger partial charge in [0, 0.05) is 17.3 Å². The Labute approximate surface area is 118 Å². The van der Waals surface area contributed by atoms with Crippen LogP contribution < -0.4 is 16.4 Å². The second-order valence-corrected chi connectivity index (χ2v) is 5.55. The standard InChI is InChI=1S/C15H21N3O2/c1-3-15(2,16)14(20)18-12-6-4-5-10(9-12)13(19)17-11-7-8-11/h4-6,9,11H,3,7-8,16H2,1-2H3,(H,17,19)(H,18,20). The lowest BCUT2D eigenvalue weighted by atomic mass is 9.99. The lowest BCUT2D eigenvalue weighted by Gasteiger charge is -2.21. The van der Waals surface area contributed by atoms with E-state index >= 15 is 0 Å². The summed E-state index contributed by atoms with van der Waals surface area (Å²) >= 11 is 0. The molecule has 1 aliphatic rings. The molecule has 5 nitrogen and oxygen atoms in total. The van der Waals surface area contributed by atoms with Crippen LogP contribution in [0.5, 0.6) is 0 Å². The molecule has 5 heteroatoms. The summed E-state index contributed by atoms with van der Waals surface area (Å²) in [6.07, 6.45) is 2.63. The average molecular weight is 275 g/mol. The minimum absolute atomic E-state index is 0.102. The Kier molecular flexibility index (Phi) is 4.09. The SMILES string of the molecule is CCC(C)(N)C(=O)Nc1cccc(C(=O)NC2CC2)c1. The third-order valence-electron chi connectivity index (χ3n) is 3.55. The van der Waals surface area contributed by atoms with Gasteiger partial charge in [0.15, 0.2) is 0 Å². The molecule has 0 aliphatic heterocycles. The molecule has 1 aromatic carbocycles. The van der Waals surface area contributed by atoms with Crippen molar-refractivity contribution >= 4 is 17.5 Å². The Morgan fingerprint density at radius 1 is 1.40 bits per heavy atom. The number of anilines is 1. The number of nitrogens with one attached hydrogen (secondary N) is 2. The van der Waals surface area contributed by atoms with Gasteiger partial charge in [-0.05, 0) is 44.4 Å². The number of rotatable bonds is 5. The van der Waals surface area contributed by atoms with Gasteiger partial charge in [0.1, 0.15) is 0 Å². The van der Waals surface area contributed by atoms with Gasteiger partial charge in [-0.25, -0.2) is 0 Å². The zero-order valence-corrected chi connectivity index (χ0v) is 11.9. The quantitative estimate of drug-likeness (QED) is 0.764. The first-order valence-electron chi connectivity index (χ1n) is 6.93. The summed E-state index contributed by atoms with van der Waals surface area (Å²) in [5.74, 6) is -0.352. The molecule has 2 rings (SSSR count). The van der Waals surface area contributed by atoms with Crippen LogP contribution >= 0.6 is 0 Å². The lowest BCUT2D eigenvalue weighted by Crippen LogP contribution is -2.47. The highest BCUT2D eigenvalue weighted by Crippen LogP contribution is 2.20. The topological polar surface area (TPSA) is 84.2 Å². The Morgan fingerprint density at radius 2 is 2.10 bits per heavy atom. The number of carbonyl (C=O) groups is 2. The summed E-state index contributed by atoms with van der Waals surface area (Å²) in [4.78, 5) is 23.9. The molecule has 1 saturated carbocycles. The molecule has 0 spiro atoms. The van der Waals surface area contributed by atoms with Crippen LogP contribution in [0.4, 0.5) is 5.69 Å². The minimum atomic E-state index is -0.910. The van der Waals surface area contributed by atoms with Gasteiger partial charge < -0.3 is 16.4 Å². The van der Waals surface area contributed by atoms with E-state index in [0.29, 0.717) is 23.7 Å². The van der Waals surface area contributed by atoms with Crippen molar-refractivity contribution in [1.82, 2.24) is 5.32 Å². The fourth-order valence-corrected chi connectivity index (χ4v) is 1.67. The molecule has 1 aromatic rings. The fraction of sp³-hybridized carbons (Fsp3) is 0.467. The van der Waals surface area contributed by atoms with Gasteiger partial charge in [-0.1, -0.05) is 13.0 Å². The van der Waals surface area contributed by atoms with E-state index in [0.717, 1.165) is 12.8 Å². The van der Waals surface area contributed by atoms with E-state index in [1.807, 2.05) is 6.92 Å². The molecule has 1 fully saturated rings. The molecule has 1 atom stereocenters. The largest absolute Gasteiger partial charge is 0.349 e. The monoisotopic (exact) mass is 275 g/mol. The first-order chi connectivity index (χ1) is 9.42. The molecule has 108 valence electrons. The molecule has 0 saturated heterocycles. The lowest BCUT2D eigenvalue weighted by molar-refractivity contribution is -0.120. The van der Waals surface area contributed by atoms with E-state index in [4.69, 9.17) is 5.73 Å². The number of carbonyl (C=O) groups excluding carboxylic acids is 2. The predicted molar refractivity (Wildman–Crippen MR) is 78.4 cm³/mol. The Balaban J connectivity index is 2.05. The van der Waals surface area contributed by atoms with E-state index in [9.17, 15) is 9.59 Å². The zero-order valence-electron chi connectivity index (χ0n) is 11.9. The van der Waals surface area contributed by atoms with Crippen LogP contribution in [0.2, 0.25) is 0 Å². The average Bonchev–Trinajstić information content (AvgIpc) is 3.23. The van der Waals surface area contributed by atoms with Gasteiger partial charge in [-0.3, -0.25) is 9.59 Å². The number of amides is 2. The van der Waals surface area contributed by atoms with E-state index in [1.165, 1.54) is 0 Å². The van der Waals surface area contributed by atoms with Crippen LogP contribution in [0.15, 0.2) is 24.3 Å². The molecule has 0 bridgehead atoms. The number of hydrogen-bond acceptors (Lipinski definition) is 3. The Bertz CT molecular complexity index is 522.